The Balaban J connectivity index is 2.13. The van der Waals surface area contributed by atoms with E-state index in [-0.39, 0.29) is 11.4 Å². The molecule has 0 atom stereocenters. The molecule has 0 fully saturated rings. The summed E-state index contributed by atoms with van der Waals surface area (Å²) in [5.41, 5.74) is 0.850. The minimum Gasteiger partial charge on any atom is -0.477 e. The molecule has 0 radical (unpaired) electrons. The second-order valence-corrected chi connectivity index (χ2v) is 3.65. The number of H-pyrrole nitrogens is 1. The first-order chi connectivity index (χ1) is 8.56. The Hall–Kier alpha value is -2.70. The van der Waals surface area contributed by atoms with Crippen LogP contribution in [-0.4, -0.2) is 26.0 Å². The van der Waals surface area contributed by atoms with Crippen molar-refractivity contribution >= 4 is 11.7 Å². The molecule has 1 aromatic heterocycles. The molecule has 1 aromatic carbocycles. The molecule has 2 N–H and O–H groups in total. The fourth-order valence-corrected chi connectivity index (χ4v) is 1.49. The number of nitro groups is 1. The molecule has 0 aliphatic heterocycles. The van der Waals surface area contributed by atoms with E-state index in [1.807, 2.05) is 0 Å². The summed E-state index contributed by atoms with van der Waals surface area (Å²) in [7, 11) is 0. The molecule has 2 aromatic rings. The van der Waals surface area contributed by atoms with Crippen LogP contribution in [0.5, 0.6) is 0 Å². The van der Waals surface area contributed by atoms with Gasteiger partial charge in [-0.15, -0.1) is 0 Å². The summed E-state index contributed by atoms with van der Waals surface area (Å²) in [6, 6.07) is 6.02. The summed E-state index contributed by atoms with van der Waals surface area (Å²) in [6.45, 7) is 0. The Kier molecular flexibility index (Phi) is 3.05. The standard InChI is InChI=1S/C11H9N3O4/c15-11(16)9-6-12-10(13-9)5-7-1-3-8(4-2-7)14(17)18/h1-4,6H,5H2,(H,12,13)(H,15,16). The molecule has 0 saturated carbocycles. The van der Waals surface area contributed by atoms with Gasteiger partial charge in [0.2, 0.25) is 0 Å². The maximum Gasteiger partial charge on any atom is 0.353 e. The summed E-state index contributed by atoms with van der Waals surface area (Å²) >= 11 is 0. The highest BCUT2D eigenvalue weighted by Gasteiger charge is 2.09. The van der Waals surface area contributed by atoms with E-state index in [1.54, 1.807) is 12.1 Å². The molecular weight excluding hydrogens is 238 g/mol. The number of carboxylic acids is 1. The van der Waals surface area contributed by atoms with E-state index in [9.17, 15) is 14.9 Å². The predicted molar refractivity (Wildman–Crippen MR) is 61.4 cm³/mol. The maximum atomic E-state index is 10.6. The van der Waals surface area contributed by atoms with Gasteiger partial charge < -0.3 is 10.1 Å². The largest absolute Gasteiger partial charge is 0.477 e. The van der Waals surface area contributed by atoms with Gasteiger partial charge in [0, 0.05) is 18.6 Å². The third kappa shape index (κ3) is 2.51. The van der Waals surface area contributed by atoms with E-state index < -0.39 is 10.9 Å². The minimum atomic E-state index is -1.07. The number of nitrogens with one attached hydrogen (secondary N) is 1. The summed E-state index contributed by atoms with van der Waals surface area (Å²) in [5, 5.41) is 19.2. The molecule has 7 nitrogen and oxygen atoms in total. The normalized spacial score (nSPS) is 10.2. The highest BCUT2D eigenvalue weighted by atomic mass is 16.6. The smallest absolute Gasteiger partial charge is 0.353 e. The number of hydrogen-bond acceptors (Lipinski definition) is 4. The highest BCUT2D eigenvalue weighted by molar-refractivity contribution is 5.85. The number of aromatic nitrogens is 2. The number of non-ortho nitro benzene ring substituents is 1. The number of aromatic amines is 1. The van der Waals surface area contributed by atoms with E-state index in [2.05, 4.69) is 9.97 Å². The van der Waals surface area contributed by atoms with Gasteiger partial charge in [-0.05, 0) is 5.56 Å². The van der Waals surface area contributed by atoms with Crippen LogP contribution in [0.15, 0.2) is 30.5 Å². The first kappa shape index (κ1) is 11.8. The van der Waals surface area contributed by atoms with Gasteiger partial charge in [0.25, 0.3) is 5.69 Å². The van der Waals surface area contributed by atoms with Crippen LogP contribution in [0.25, 0.3) is 0 Å². The SMILES string of the molecule is O=C(O)c1cnc(Cc2ccc([N+](=O)[O-])cc2)[nH]1. The van der Waals surface area contributed by atoms with Gasteiger partial charge in [0.1, 0.15) is 11.5 Å². The number of nitro benzene ring substituents is 1. The van der Waals surface area contributed by atoms with Gasteiger partial charge >= 0.3 is 5.97 Å². The third-order valence-electron chi connectivity index (χ3n) is 2.38. The van der Waals surface area contributed by atoms with Crippen molar-refractivity contribution in [2.45, 2.75) is 6.42 Å². The van der Waals surface area contributed by atoms with Gasteiger partial charge in [0.05, 0.1) is 11.1 Å². The quantitative estimate of drug-likeness (QED) is 0.630. The van der Waals surface area contributed by atoms with Crippen LogP contribution in [0.4, 0.5) is 5.69 Å². The van der Waals surface area contributed by atoms with Crippen molar-refractivity contribution in [3.63, 3.8) is 0 Å². The molecule has 1 heterocycles. The van der Waals surface area contributed by atoms with Crippen LogP contribution in [0, 0.1) is 10.1 Å². The summed E-state index contributed by atoms with van der Waals surface area (Å²) < 4.78 is 0. The number of benzene rings is 1. The molecule has 0 aliphatic carbocycles. The molecule has 0 spiro atoms. The average Bonchev–Trinajstić information content (AvgIpc) is 2.78. The van der Waals surface area contributed by atoms with E-state index in [4.69, 9.17) is 5.11 Å². The van der Waals surface area contributed by atoms with Crippen LogP contribution >= 0.6 is 0 Å². The Morgan fingerprint density at radius 2 is 2.06 bits per heavy atom. The van der Waals surface area contributed by atoms with Gasteiger partial charge in [-0.2, -0.15) is 0 Å². The number of aromatic carboxylic acids is 1. The molecule has 0 saturated heterocycles. The van der Waals surface area contributed by atoms with Crippen LogP contribution in [0.1, 0.15) is 21.9 Å². The number of nitrogens with zero attached hydrogens (tertiary/aromatic N) is 2. The Morgan fingerprint density at radius 1 is 1.39 bits per heavy atom. The van der Waals surface area contributed by atoms with Gasteiger partial charge in [-0.25, -0.2) is 9.78 Å². The number of carbonyl (C=O) groups is 1. The molecule has 0 aliphatic rings. The lowest BCUT2D eigenvalue weighted by Gasteiger charge is -1.98. The number of rotatable bonds is 4. The Bertz CT molecular complexity index is 589. The minimum absolute atomic E-state index is 0.0180. The molecular formula is C11H9N3O4. The lowest BCUT2D eigenvalue weighted by molar-refractivity contribution is -0.384. The molecule has 92 valence electrons. The van der Waals surface area contributed by atoms with E-state index in [0.29, 0.717) is 12.2 Å². The third-order valence-corrected chi connectivity index (χ3v) is 2.38. The molecule has 0 amide bonds. The van der Waals surface area contributed by atoms with Crippen LogP contribution in [0.2, 0.25) is 0 Å². The second-order valence-electron chi connectivity index (χ2n) is 3.65. The van der Waals surface area contributed by atoms with Crippen LogP contribution in [-0.2, 0) is 6.42 Å². The van der Waals surface area contributed by atoms with Crippen LogP contribution < -0.4 is 0 Å². The monoisotopic (exact) mass is 247 g/mol. The lowest BCUT2D eigenvalue weighted by atomic mass is 10.1. The number of hydrogen-bond donors (Lipinski definition) is 2. The number of imidazole rings is 1. The summed E-state index contributed by atoms with van der Waals surface area (Å²) in [5.74, 6) is -0.571. The molecule has 0 unspecified atom stereocenters. The molecule has 18 heavy (non-hydrogen) atoms. The first-order valence-corrected chi connectivity index (χ1v) is 5.07. The topological polar surface area (TPSA) is 109 Å². The van der Waals surface area contributed by atoms with Crippen molar-refractivity contribution < 1.29 is 14.8 Å². The van der Waals surface area contributed by atoms with E-state index >= 15 is 0 Å². The molecule has 0 bridgehead atoms. The van der Waals surface area contributed by atoms with Crippen LogP contribution in [0.3, 0.4) is 0 Å². The van der Waals surface area contributed by atoms with Crippen molar-refractivity contribution in [1.82, 2.24) is 9.97 Å². The van der Waals surface area contributed by atoms with E-state index in [0.717, 1.165) is 5.56 Å². The van der Waals surface area contributed by atoms with E-state index in [1.165, 1.54) is 18.3 Å². The van der Waals surface area contributed by atoms with Crippen molar-refractivity contribution in [3.05, 3.63) is 57.7 Å². The highest BCUT2D eigenvalue weighted by Crippen LogP contribution is 2.14. The summed E-state index contributed by atoms with van der Waals surface area (Å²) in [4.78, 5) is 27.2. The zero-order valence-corrected chi connectivity index (χ0v) is 9.16. The Morgan fingerprint density at radius 3 is 2.56 bits per heavy atom. The van der Waals surface area contributed by atoms with Crippen molar-refractivity contribution in [2.75, 3.05) is 0 Å². The van der Waals surface area contributed by atoms with Gasteiger partial charge in [0.15, 0.2) is 0 Å². The molecule has 2 rings (SSSR count). The fraction of sp³-hybridized carbons (Fsp3) is 0.0909. The van der Waals surface area contributed by atoms with Crippen molar-refractivity contribution in [3.8, 4) is 0 Å². The van der Waals surface area contributed by atoms with Gasteiger partial charge in [-0.1, -0.05) is 12.1 Å². The fourth-order valence-electron chi connectivity index (χ4n) is 1.49. The first-order valence-electron chi connectivity index (χ1n) is 5.07. The summed E-state index contributed by atoms with van der Waals surface area (Å²) in [6.07, 6.45) is 1.63. The lowest BCUT2D eigenvalue weighted by Crippen LogP contribution is -1.97. The second kappa shape index (κ2) is 4.66. The zero-order chi connectivity index (χ0) is 13.1. The zero-order valence-electron chi connectivity index (χ0n) is 9.16. The predicted octanol–water partition coefficient (Wildman–Crippen LogP) is 1.61. The Labute approximate surface area is 101 Å². The average molecular weight is 247 g/mol. The van der Waals surface area contributed by atoms with Crippen molar-refractivity contribution in [2.24, 2.45) is 0 Å². The maximum absolute atomic E-state index is 10.6. The molecule has 7 heteroatoms. The number of carboxylic acid groups (broad SMARTS) is 1. The van der Waals surface area contributed by atoms with Crippen molar-refractivity contribution in [1.29, 1.82) is 0 Å². The van der Waals surface area contributed by atoms with Gasteiger partial charge in [-0.3, -0.25) is 10.1 Å².